The van der Waals surface area contributed by atoms with Gasteiger partial charge in [-0.05, 0) is 33.4 Å². The average molecular weight is 143 g/mol. The highest BCUT2D eigenvalue weighted by Gasteiger charge is 2.33. The molecule has 0 aromatic rings. The lowest BCUT2D eigenvalue weighted by atomic mass is 10.0. The molecule has 0 amide bonds. The third-order valence-electron chi connectivity index (χ3n) is 2.59. The SMILES string of the molecule is COCC1(C)CCCN1C. The first-order valence-corrected chi connectivity index (χ1v) is 3.89. The molecule has 0 aromatic carbocycles. The van der Waals surface area contributed by atoms with Crippen LogP contribution in [0.4, 0.5) is 0 Å². The van der Waals surface area contributed by atoms with Crippen LogP contribution in [0.1, 0.15) is 19.8 Å². The van der Waals surface area contributed by atoms with Crippen LogP contribution in [0.2, 0.25) is 0 Å². The molecule has 2 nitrogen and oxygen atoms in total. The molecule has 1 rings (SSSR count). The van der Waals surface area contributed by atoms with Gasteiger partial charge in [0.2, 0.25) is 0 Å². The van der Waals surface area contributed by atoms with Crippen LogP contribution in [-0.2, 0) is 4.74 Å². The second kappa shape index (κ2) is 2.89. The Kier molecular flexibility index (Phi) is 2.32. The van der Waals surface area contributed by atoms with E-state index in [-0.39, 0.29) is 0 Å². The van der Waals surface area contributed by atoms with Crippen LogP contribution in [0.3, 0.4) is 0 Å². The summed E-state index contributed by atoms with van der Waals surface area (Å²) in [5.74, 6) is 0. The fourth-order valence-corrected chi connectivity index (χ4v) is 1.65. The van der Waals surface area contributed by atoms with Gasteiger partial charge >= 0.3 is 0 Å². The lowest BCUT2D eigenvalue weighted by Gasteiger charge is -2.31. The van der Waals surface area contributed by atoms with Crippen LogP contribution in [0.5, 0.6) is 0 Å². The van der Waals surface area contributed by atoms with E-state index in [0.717, 1.165) is 6.61 Å². The molecule has 0 spiro atoms. The van der Waals surface area contributed by atoms with E-state index < -0.39 is 0 Å². The quantitative estimate of drug-likeness (QED) is 0.574. The molecule has 1 fully saturated rings. The molecule has 2 heteroatoms. The third kappa shape index (κ3) is 1.32. The van der Waals surface area contributed by atoms with E-state index in [2.05, 4.69) is 18.9 Å². The Morgan fingerprint density at radius 3 is 2.70 bits per heavy atom. The van der Waals surface area contributed by atoms with Gasteiger partial charge in [0.15, 0.2) is 0 Å². The number of nitrogens with zero attached hydrogens (tertiary/aromatic N) is 1. The zero-order valence-electron chi connectivity index (χ0n) is 7.18. The summed E-state index contributed by atoms with van der Waals surface area (Å²) in [6, 6.07) is 0. The van der Waals surface area contributed by atoms with Crippen molar-refractivity contribution in [1.82, 2.24) is 4.90 Å². The fourth-order valence-electron chi connectivity index (χ4n) is 1.65. The molecule has 0 saturated carbocycles. The van der Waals surface area contributed by atoms with Crippen molar-refractivity contribution in [2.24, 2.45) is 0 Å². The lowest BCUT2D eigenvalue weighted by Crippen LogP contribution is -2.42. The second-order valence-corrected chi connectivity index (χ2v) is 3.46. The largest absolute Gasteiger partial charge is 0.383 e. The Labute approximate surface area is 63.2 Å². The molecule has 0 bridgehead atoms. The molecular formula is C8H17NO. The number of likely N-dealkylation sites (tertiary alicyclic amines) is 1. The summed E-state index contributed by atoms with van der Waals surface area (Å²) in [4.78, 5) is 2.39. The van der Waals surface area contributed by atoms with Gasteiger partial charge in [-0.15, -0.1) is 0 Å². The van der Waals surface area contributed by atoms with Crippen LogP contribution in [-0.4, -0.2) is 37.7 Å². The molecule has 1 atom stereocenters. The maximum atomic E-state index is 5.16. The average Bonchev–Trinajstić information content (AvgIpc) is 2.15. The van der Waals surface area contributed by atoms with E-state index in [1.807, 2.05) is 0 Å². The van der Waals surface area contributed by atoms with Gasteiger partial charge in [-0.1, -0.05) is 0 Å². The van der Waals surface area contributed by atoms with Crippen LogP contribution in [0.15, 0.2) is 0 Å². The molecular weight excluding hydrogens is 126 g/mol. The van der Waals surface area contributed by atoms with Crippen LogP contribution in [0.25, 0.3) is 0 Å². The molecule has 1 aliphatic rings. The number of likely N-dealkylation sites (N-methyl/N-ethyl adjacent to an activating group) is 1. The van der Waals surface area contributed by atoms with E-state index in [4.69, 9.17) is 4.74 Å². The number of hydrogen-bond acceptors (Lipinski definition) is 2. The first kappa shape index (κ1) is 8.02. The van der Waals surface area contributed by atoms with Gasteiger partial charge < -0.3 is 4.74 Å². The third-order valence-corrected chi connectivity index (χ3v) is 2.59. The summed E-state index contributed by atoms with van der Waals surface area (Å²) < 4.78 is 5.16. The molecule has 0 N–H and O–H groups in total. The highest BCUT2D eigenvalue weighted by Crippen LogP contribution is 2.26. The molecule has 0 radical (unpaired) electrons. The molecule has 1 unspecified atom stereocenters. The predicted octanol–water partition coefficient (Wildman–Crippen LogP) is 1.12. The summed E-state index contributed by atoms with van der Waals surface area (Å²) >= 11 is 0. The first-order valence-electron chi connectivity index (χ1n) is 3.89. The molecule has 1 saturated heterocycles. The second-order valence-electron chi connectivity index (χ2n) is 3.46. The van der Waals surface area contributed by atoms with E-state index in [1.165, 1.54) is 19.4 Å². The molecule has 10 heavy (non-hydrogen) atoms. The highest BCUT2D eigenvalue weighted by molar-refractivity contribution is 4.89. The normalized spacial score (nSPS) is 35.1. The zero-order valence-corrected chi connectivity index (χ0v) is 7.18. The number of methoxy groups -OCH3 is 1. The Morgan fingerprint density at radius 2 is 2.30 bits per heavy atom. The summed E-state index contributed by atoms with van der Waals surface area (Å²) in [6.45, 7) is 4.35. The van der Waals surface area contributed by atoms with Crippen LogP contribution >= 0.6 is 0 Å². The van der Waals surface area contributed by atoms with Crippen molar-refractivity contribution < 1.29 is 4.74 Å². The molecule has 1 heterocycles. The van der Waals surface area contributed by atoms with Crippen molar-refractivity contribution in [3.05, 3.63) is 0 Å². The maximum absolute atomic E-state index is 5.16. The van der Waals surface area contributed by atoms with Gasteiger partial charge in [0, 0.05) is 12.6 Å². The smallest absolute Gasteiger partial charge is 0.0643 e. The van der Waals surface area contributed by atoms with Gasteiger partial charge in [0.25, 0.3) is 0 Å². The standard InChI is InChI=1S/C8H17NO/c1-8(7-10-3)5-4-6-9(8)2/h4-7H2,1-3H3. The highest BCUT2D eigenvalue weighted by atomic mass is 16.5. The Morgan fingerprint density at radius 1 is 1.60 bits per heavy atom. The predicted molar refractivity (Wildman–Crippen MR) is 42.1 cm³/mol. The van der Waals surface area contributed by atoms with Crippen LogP contribution < -0.4 is 0 Å². The topological polar surface area (TPSA) is 12.5 Å². The van der Waals surface area contributed by atoms with Gasteiger partial charge in [0.1, 0.15) is 0 Å². The fraction of sp³-hybridized carbons (Fsp3) is 1.00. The lowest BCUT2D eigenvalue weighted by molar-refractivity contribution is 0.0659. The summed E-state index contributed by atoms with van der Waals surface area (Å²) in [5, 5.41) is 0. The summed E-state index contributed by atoms with van der Waals surface area (Å²) in [6.07, 6.45) is 2.59. The molecule has 1 aliphatic heterocycles. The number of ether oxygens (including phenoxy) is 1. The monoisotopic (exact) mass is 143 g/mol. The van der Waals surface area contributed by atoms with Crippen molar-refractivity contribution in [1.29, 1.82) is 0 Å². The van der Waals surface area contributed by atoms with Gasteiger partial charge in [0.05, 0.1) is 6.61 Å². The zero-order chi connectivity index (χ0) is 7.61. The number of rotatable bonds is 2. The van der Waals surface area contributed by atoms with Crippen molar-refractivity contribution >= 4 is 0 Å². The number of hydrogen-bond donors (Lipinski definition) is 0. The van der Waals surface area contributed by atoms with Crippen molar-refractivity contribution in [3.8, 4) is 0 Å². The van der Waals surface area contributed by atoms with E-state index in [1.54, 1.807) is 7.11 Å². The van der Waals surface area contributed by atoms with Gasteiger partial charge in [-0.2, -0.15) is 0 Å². The maximum Gasteiger partial charge on any atom is 0.0643 e. The van der Waals surface area contributed by atoms with E-state index >= 15 is 0 Å². The Hall–Kier alpha value is -0.0800. The minimum absolute atomic E-state index is 0.314. The summed E-state index contributed by atoms with van der Waals surface area (Å²) in [7, 11) is 3.95. The minimum Gasteiger partial charge on any atom is -0.383 e. The Bertz CT molecular complexity index is 116. The van der Waals surface area contributed by atoms with Gasteiger partial charge in [-0.25, -0.2) is 0 Å². The van der Waals surface area contributed by atoms with E-state index in [9.17, 15) is 0 Å². The van der Waals surface area contributed by atoms with Crippen LogP contribution in [0, 0.1) is 0 Å². The minimum atomic E-state index is 0.314. The first-order chi connectivity index (χ1) is 4.69. The van der Waals surface area contributed by atoms with E-state index in [0.29, 0.717) is 5.54 Å². The van der Waals surface area contributed by atoms with Crippen molar-refractivity contribution in [2.45, 2.75) is 25.3 Å². The van der Waals surface area contributed by atoms with Crippen molar-refractivity contribution in [2.75, 3.05) is 27.3 Å². The molecule has 0 aromatic heterocycles. The molecule has 60 valence electrons. The van der Waals surface area contributed by atoms with Gasteiger partial charge in [-0.3, -0.25) is 4.90 Å². The van der Waals surface area contributed by atoms with Crippen molar-refractivity contribution in [3.63, 3.8) is 0 Å². The summed E-state index contributed by atoms with van der Waals surface area (Å²) in [5.41, 5.74) is 0.314. The molecule has 0 aliphatic carbocycles. The Balaban J connectivity index is 2.48.